The number of rotatable bonds is 4. The fraction of sp³-hybridized carbons (Fsp3) is 0.238. The van der Waals surface area contributed by atoms with E-state index in [9.17, 15) is 4.79 Å². The number of amides is 1. The largest absolute Gasteiger partial charge is 0.344 e. The number of imidazole rings is 1. The third kappa shape index (κ3) is 3.13. The molecule has 5 heteroatoms. The topological polar surface area (TPSA) is 59.0 Å². The number of nitrogens with one attached hydrogen (secondary N) is 2. The summed E-state index contributed by atoms with van der Waals surface area (Å²) in [5.74, 6) is 0.732. The van der Waals surface area contributed by atoms with Crippen LogP contribution in [0.3, 0.4) is 0 Å². The number of aromatic nitrogens is 2. The van der Waals surface area contributed by atoms with E-state index in [2.05, 4.69) is 15.2 Å². The highest BCUT2D eigenvalue weighted by molar-refractivity contribution is 5.94. The summed E-state index contributed by atoms with van der Waals surface area (Å²) < 4.78 is 2.16. The lowest BCUT2D eigenvalue weighted by atomic mass is 10.1. The van der Waals surface area contributed by atoms with E-state index in [0.29, 0.717) is 12.2 Å². The summed E-state index contributed by atoms with van der Waals surface area (Å²) in [6.45, 7) is 4.34. The van der Waals surface area contributed by atoms with E-state index in [1.165, 1.54) is 0 Å². The lowest BCUT2D eigenvalue weighted by Gasteiger charge is -2.19. The van der Waals surface area contributed by atoms with Gasteiger partial charge in [0.1, 0.15) is 5.82 Å². The summed E-state index contributed by atoms with van der Waals surface area (Å²) in [5.41, 5.74) is 3.58. The highest BCUT2D eigenvalue weighted by Crippen LogP contribution is 2.24. The standard InChI is InChI=1S/C21H22N4O/c1-15(16-8-4-2-5-9-16)23-21(26)19-18-14-22-12-13-25(18)20(24-19)17-10-6-3-7-11-17/h2-11,15,22H,12-14H2,1H3,(H,23,26). The molecular formula is C21H22N4O. The Hall–Kier alpha value is -2.92. The molecule has 0 fully saturated rings. The minimum atomic E-state index is -0.129. The van der Waals surface area contributed by atoms with Gasteiger partial charge in [0.2, 0.25) is 0 Å². The van der Waals surface area contributed by atoms with Crippen LogP contribution in [-0.2, 0) is 13.1 Å². The van der Waals surface area contributed by atoms with E-state index >= 15 is 0 Å². The van der Waals surface area contributed by atoms with E-state index in [1.807, 2.05) is 67.6 Å². The molecule has 2 aromatic carbocycles. The van der Waals surface area contributed by atoms with Crippen molar-refractivity contribution < 1.29 is 4.79 Å². The lowest BCUT2D eigenvalue weighted by Crippen LogP contribution is -2.32. The average molecular weight is 346 g/mol. The van der Waals surface area contributed by atoms with Gasteiger partial charge in [-0.25, -0.2) is 4.98 Å². The number of nitrogens with zero attached hydrogens (tertiary/aromatic N) is 2. The van der Waals surface area contributed by atoms with Gasteiger partial charge in [0.25, 0.3) is 5.91 Å². The molecule has 0 saturated carbocycles. The molecule has 1 aliphatic rings. The molecule has 0 radical (unpaired) electrons. The van der Waals surface area contributed by atoms with Gasteiger partial charge in [0.15, 0.2) is 5.69 Å². The lowest BCUT2D eigenvalue weighted by molar-refractivity contribution is 0.0933. The second-order valence-corrected chi connectivity index (χ2v) is 6.53. The summed E-state index contributed by atoms with van der Waals surface area (Å²) in [6.07, 6.45) is 0. The van der Waals surface area contributed by atoms with Gasteiger partial charge in [-0.1, -0.05) is 60.7 Å². The predicted molar refractivity (Wildman–Crippen MR) is 102 cm³/mol. The van der Waals surface area contributed by atoms with Gasteiger partial charge >= 0.3 is 0 Å². The highest BCUT2D eigenvalue weighted by atomic mass is 16.2. The number of carbonyl (C=O) groups excluding carboxylic acids is 1. The smallest absolute Gasteiger partial charge is 0.272 e. The molecule has 1 atom stereocenters. The number of carbonyl (C=O) groups is 1. The van der Waals surface area contributed by atoms with Crippen molar-refractivity contribution in [2.45, 2.75) is 26.1 Å². The van der Waals surface area contributed by atoms with Gasteiger partial charge in [-0.05, 0) is 12.5 Å². The van der Waals surface area contributed by atoms with Crippen LogP contribution in [0.5, 0.6) is 0 Å². The number of benzene rings is 2. The molecule has 132 valence electrons. The minimum Gasteiger partial charge on any atom is -0.344 e. The van der Waals surface area contributed by atoms with E-state index in [0.717, 1.165) is 35.7 Å². The van der Waals surface area contributed by atoms with Crippen molar-refractivity contribution in [2.75, 3.05) is 6.54 Å². The van der Waals surface area contributed by atoms with Gasteiger partial charge in [-0.2, -0.15) is 0 Å². The van der Waals surface area contributed by atoms with Crippen LogP contribution in [0.25, 0.3) is 11.4 Å². The summed E-state index contributed by atoms with van der Waals surface area (Å²) in [5, 5.41) is 6.43. The number of hydrogen-bond acceptors (Lipinski definition) is 3. The van der Waals surface area contributed by atoms with Crippen LogP contribution in [0.15, 0.2) is 60.7 Å². The van der Waals surface area contributed by atoms with Crippen molar-refractivity contribution in [2.24, 2.45) is 0 Å². The maximum atomic E-state index is 12.9. The van der Waals surface area contributed by atoms with E-state index < -0.39 is 0 Å². The maximum Gasteiger partial charge on any atom is 0.272 e. The molecule has 4 rings (SSSR count). The molecule has 0 aliphatic carbocycles. The van der Waals surface area contributed by atoms with Gasteiger partial charge in [-0.3, -0.25) is 4.79 Å². The van der Waals surface area contributed by atoms with Crippen molar-refractivity contribution >= 4 is 5.91 Å². The summed E-state index contributed by atoms with van der Waals surface area (Å²) in [6, 6.07) is 19.9. The molecule has 0 saturated heterocycles. The second-order valence-electron chi connectivity index (χ2n) is 6.53. The van der Waals surface area contributed by atoms with Crippen LogP contribution < -0.4 is 10.6 Å². The van der Waals surface area contributed by atoms with E-state index in [1.54, 1.807) is 0 Å². The molecule has 2 heterocycles. The van der Waals surface area contributed by atoms with Crippen molar-refractivity contribution in [1.29, 1.82) is 0 Å². The van der Waals surface area contributed by atoms with Crippen LogP contribution in [0, 0.1) is 0 Å². The molecule has 3 aromatic rings. The summed E-state index contributed by atoms with van der Waals surface area (Å²) >= 11 is 0. The molecular weight excluding hydrogens is 324 g/mol. The zero-order valence-electron chi connectivity index (χ0n) is 14.8. The Morgan fingerprint density at radius 3 is 2.54 bits per heavy atom. The van der Waals surface area contributed by atoms with Crippen molar-refractivity contribution in [3.05, 3.63) is 77.6 Å². The number of hydrogen-bond donors (Lipinski definition) is 2. The molecule has 0 spiro atoms. The molecule has 1 aromatic heterocycles. The third-order valence-corrected chi connectivity index (χ3v) is 4.77. The average Bonchev–Trinajstić information content (AvgIpc) is 3.09. The van der Waals surface area contributed by atoms with Crippen molar-refractivity contribution in [1.82, 2.24) is 20.2 Å². The zero-order valence-corrected chi connectivity index (χ0v) is 14.8. The first-order valence-corrected chi connectivity index (χ1v) is 8.95. The normalized spacial score (nSPS) is 14.5. The van der Waals surface area contributed by atoms with E-state index in [4.69, 9.17) is 4.98 Å². The Bertz CT molecular complexity index is 903. The van der Waals surface area contributed by atoms with Gasteiger partial charge in [0, 0.05) is 25.2 Å². The minimum absolute atomic E-state index is 0.0715. The van der Waals surface area contributed by atoms with Crippen LogP contribution >= 0.6 is 0 Å². The first-order valence-electron chi connectivity index (χ1n) is 8.95. The maximum absolute atomic E-state index is 12.9. The van der Waals surface area contributed by atoms with Crippen LogP contribution in [0.2, 0.25) is 0 Å². The monoisotopic (exact) mass is 346 g/mol. The molecule has 2 N–H and O–H groups in total. The molecule has 0 bridgehead atoms. The van der Waals surface area contributed by atoms with Crippen LogP contribution in [0.1, 0.15) is 34.7 Å². The van der Waals surface area contributed by atoms with Gasteiger partial charge in [0.05, 0.1) is 11.7 Å². The van der Waals surface area contributed by atoms with E-state index in [-0.39, 0.29) is 11.9 Å². The molecule has 1 amide bonds. The van der Waals surface area contributed by atoms with Crippen LogP contribution in [0.4, 0.5) is 0 Å². The molecule has 5 nitrogen and oxygen atoms in total. The second kappa shape index (κ2) is 7.14. The van der Waals surface area contributed by atoms with Crippen molar-refractivity contribution in [3.63, 3.8) is 0 Å². The Morgan fingerprint density at radius 2 is 1.81 bits per heavy atom. The molecule has 1 aliphatic heterocycles. The fourth-order valence-electron chi connectivity index (χ4n) is 3.38. The first kappa shape index (κ1) is 16.5. The predicted octanol–water partition coefficient (Wildman–Crippen LogP) is 3.14. The Balaban J connectivity index is 1.66. The van der Waals surface area contributed by atoms with Crippen LogP contribution in [-0.4, -0.2) is 22.0 Å². The van der Waals surface area contributed by atoms with Gasteiger partial charge in [-0.15, -0.1) is 0 Å². The SMILES string of the molecule is CC(NC(=O)c1nc(-c2ccccc2)n2c1CNCC2)c1ccccc1. The van der Waals surface area contributed by atoms with Gasteiger partial charge < -0.3 is 15.2 Å². The third-order valence-electron chi connectivity index (χ3n) is 4.77. The zero-order chi connectivity index (χ0) is 17.9. The number of fused-ring (bicyclic) bond motifs is 1. The summed E-state index contributed by atoms with van der Waals surface area (Å²) in [4.78, 5) is 17.6. The fourth-order valence-corrected chi connectivity index (χ4v) is 3.38. The van der Waals surface area contributed by atoms with Crippen molar-refractivity contribution in [3.8, 4) is 11.4 Å². The Labute approximate surface area is 153 Å². The first-order chi connectivity index (χ1) is 12.7. The highest BCUT2D eigenvalue weighted by Gasteiger charge is 2.25. The quantitative estimate of drug-likeness (QED) is 0.763. The Morgan fingerprint density at radius 1 is 1.12 bits per heavy atom. The summed E-state index contributed by atoms with van der Waals surface area (Å²) in [7, 11) is 0. The molecule has 1 unspecified atom stereocenters. The molecule has 26 heavy (non-hydrogen) atoms. The Kier molecular flexibility index (Phi) is 4.54.